The van der Waals surface area contributed by atoms with Gasteiger partial charge >= 0.3 is 0 Å². The second-order valence-electron chi connectivity index (χ2n) is 7.43. The van der Waals surface area contributed by atoms with Crippen LogP contribution < -0.4 is 0 Å². The fourth-order valence-electron chi connectivity index (χ4n) is 4.08. The Morgan fingerprint density at radius 2 is 1.90 bits per heavy atom. The maximum Gasteiger partial charge on any atom is 0.227 e. The average Bonchev–Trinajstić information content (AvgIpc) is 3.43. The summed E-state index contributed by atoms with van der Waals surface area (Å²) in [5.74, 6) is 0.872. The van der Waals surface area contributed by atoms with Gasteiger partial charge in [0.05, 0.1) is 18.2 Å². The van der Waals surface area contributed by atoms with Crippen molar-refractivity contribution in [1.82, 2.24) is 25.1 Å². The summed E-state index contributed by atoms with van der Waals surface area (Å²) in [6.45, 7) is 2.60. The number of aryl methyl sites for hydroxylation is 1. The Bertz CT molecular complexity index is 1170. The highest BCUT2D eigenvalue weighted by atomic mass is 32.1. The van der Waals surface area contributed by atoms with Crippen molar-refractivity contribution in [1.29, 1.82) is 0 Å². The van der Waals surface area contributed by atoms with Crippen LogP contribution in [-0.4, -0.2) is 37.6 Å². The van der Waals surface area contributed by atoms with E-state index in [1.165, 1.54) is 10.4 Å². The standard InChI is InChI=1S/C23H21N5OS/c1-16-24-25-26-28(16)19-9-7-17(8-10-19)15-22(29)27-13-11-21-20(12-14-30-21)23(27)18-5-3-2-4-6-18/h2-10,12,14,23H,11,13,15H2,1H3/t23-/m0/s1. The number of carbonyl (C=O) groups is 1. The second kappa shape index (κ2) is 7.84. The lowest BCUT2D eigenvalue weighted by molar-refractivity contribution is -0.132. The number of aromatic nitrogens is 4. The number of hydrogen-bond donors (Lipinski definition) is 0. The van der Waals surface area contributed by atoms with Crippen molar-refractivity contribution in [3.05, 3.63) is 93.4 Å². The number of nitrogens with zero attached hydrogens (tertiary/aromatic N) is 5. The Balaban J connectivity index is 1.39. The summed E-state index contributed by atoms with van der Waals surface area (Å²) in [5, 5.41) is 13.7. The fraction of sp³-hybridized carbons (Fsp3) is 0.217. The second-order valence-corrected chi connectivity index (χ2v) is 8.43. The van der Waals surface area contributed by atoms with Crippen molar-refractivity contribution in [3.63, 3.8) is 0 Å². The van der Waals surface area contributed by atoms with E-state index >= 15 is 0 Å². The van der Waals surface area contributed by atoms with Crippen LogP contribution in [0.15, 0.2) is 66.0 Å². The summed E-state index contributed by atoms with van der Waals surface area (Å²) in [6, 6.07) is 20.3. The van der Waals surface area contributed by atoms with Crippen LogP contribution in [0.25, 0.3) is 5.69 Å². The molecule has 7 heteroatoms. The van der Waals surface area contributed by atoms with Gasteiger partial charge in [-0.15, -0.1) is 16.4 Å². The predicted octanol–water partition coefficient (Wildman–Crippen LogP) is 3.75. The molecule has 6 nitrogen and oxygen atoms in total. The zero-order chi connectivity index (χ0) is 20.5. The average molecular weight is 416 g/mol. The molecular formula is C23H21N5OS. The first kappa shape index (κ1) is 18.7. The highest BCUT2D eigenvalue weighted by Crippen LogP contribution is 2.38. The van der Waals surface area contributed by atoms with Gasteiger partial charge in [0.2, 0.25) is 5.91 Å². The number of amides is 1. The molecule has 1 amide bonds. The molecule has 2 aromatic carbocycles. The molecule has 3 heterocycles. The first-order valence-electron chi connectivity index (χ1n) is 9.95. The maximum absolute atomic E-state index is 13.3. The summed E-state index contributed by atoms with van der Waals surface area (Å²) in [5.41, 5.74) is 4.29. The molecule has 1 aliphatic heterocycles. The van der Waals surface area contributed by atoms with Gasteiger partial charge in [-0.1, -0.05) is 42.5 Å². The van der Waals surface area contributed by atoms with Crippen molar-refractivity contribution in [2.45, 2.75) is 25.8 Å². The van der Waals surface area contributed by atoms with Gasteiger partial charge in [-0.3, -0.25) is 4.79 Å². The summed E-state index contributed by atoms with van der Waals surface area (Å²) >= 11 is 1.79. The molecule has 0 N–H and O–H groups in total. The minimum Gasteiger partial charge on any atom is -0.331 e. The molecule has 0 saturated carbocycles. The Morgan fingerprint density at radius 3 is 2.63 bits per heavy atom. The highest BCUT2D eigenvalue weighted by Gasteiger charge is 2.32. The van der Waals surface area contributed by atoms with E-state index in [2.05, 4.69) is 39.1 Å². The minimum atomic E-state index is -0.0168. The molecule has 5 rings (SSSR count). The van der Waals surface area contributed by atoms with Gasteiger partial charge in [-0.2, -0.15) is 4.68 Å². The highest BCUT2D eigenvalue weighted by molar-refractivity contribution is 7.10. The van der Waals surface area contributed by atoms with Crippen molar-refractivity contribution in [3.8, 4) is 5.69 Å². The van der Waals surface area contributed by atoms with Gasteiger partial charge in [0.25, 0.3) is 0 Å². The van der Waals surface area contributed by atoms with E-state index in [0.29, 0.717) is 6.42 Å². The van der Waals surface area contributed by atoms with Crippen molar-refractivity contribution >= 4 is 17.2 Å². The Hall–Kier alpha value is -3.32. The summed E-state index contributed by atoms with van der Waals surface area (Å²) < 4.78 is 1.68. The first-order valence-corrected chi connectivity index (χ1v) is 10.8. The van der Waals surface area contributed by atoms with Gasteiger partial charge in [0.15, 0.2) is 5.82 Å². The SMILES string of the molecule is Cc1nnnn1-c1ccc(CC(=O)N2CCc3sccc3[C@@H]2c2ccccc2)cc1. The molecule has 0 radical (unpaired) electrons. The molecule has 0 bridgehead atoms. The van der Waals surface area contributed by atoms with Crippen LogP contribution in [-0.2, 0) is 17.6 Å². The Kier molecular flexibility index (Phi) is 4.88. The van der Waals surface area contributed by atoms with Crippen LogP contribution in [0.2, 0.25) is 0 Å². The van der Waals surface area contributed by atoms with Gasteiger partial charge in [-0.25, -0.2) is 0 Å². The molecule has 150 valence electrons. The molecule has 4 aromatic rings. The molecule has 0 saturated heterocycles. The molecule has 0 aliphatic carbocycles. The normalized spacial score (nSPS) is 15.8. The lowest BCUT2D eigenvalue weighted by atomic mass is 9.92. The van der Waals surface area contributed by atoms with Crippen molar-refractivity contribution in [2.75, 3.05) is 6.54 Å². The van der Waals surface area contributed by atoms with Gasteiger partial charge in [0.1, 0.15) is 0 Å². The first-order chi connectivity index (χ1) is 14.7. The van der Waals surface area contributed by atoms with Crippen LogP contribution >= 0.6 is 11.3 Å². The van der Waals surface area contributed by atoms with Crippen molar-refractivity contribution < 1.29 is 4.79 Å². The number of thiophene rings is 1. The number of rotatable bonds is 4. The van der Waals surface area contributed by atoms with E-state index < -0.39 is 0 Å². The number of tetrazole rings is 1. The molecule has 0 fully saturated rings. The van der Waals surface area contributed by atoms with E-state index in [1.807, 2.05) is 54.3 Å². The zero-order valence-electron chi connectivity index (χ0n) is 16.6. The van der Waals surface area contributed by atoms with Crippen molar-refractivity contribution in [2.24, 2.45) is 0 Å². The molecule has 30 heavy (non-hydrogen) atoms. The van der Waals surface area contributed by atoms with Crippen LogP contribution in [0.4, 0.5) is 0 Å². The zero-order valence-corrected chi connectivity index (χ0v) is 17.4. The summed E-state index contributed by atoms with van der Waals surface area (Å²) in [4.78, 5) is 16.8. The minimum absolute atomic E-state index is 0.0168. The molecular weight excluding hydrogens is 394 g/mol. The van der Waals surface area contributed by atoms with Crippen LogP contribution in [0.1, 0.15) is 33.4 Å². The topological polar surface area (TPSA) is 63.9 Å². The van der Waals surface area contributed by atoms with Gasteiger partial charge in [-0.05, 0) is 64.0 Å². The third-order valence-electron chi connectivity index (χ3n) is 5.56. The van der Waals surface area contributed by atoms with E-state index in [-0.39, 0.29) is 11.9 Å². The van der Waals surface area contributed by atoms with Gasteiger partial charge < -0.3 is 4.90 Å². The molecule has 0 spiro atoms. The molecule has 2 aromatic heterocycles. The summed E-state index contributed by atoms with van der Waals surface area (Å²) in [7, 11) is 0. The number of carbonyl (C=O) groups excluding carboxylic acids is 1. The van der Waals surface area contributed by atoms with E-state index in [9.17, 15) is 4.79 Å². The fourth-order valence-corrected chi connectivity index (χ4v) is 4.99. The smallest absolute Gasteiger partial charge is 0.227 e. The molecule has 0 unspecified atom stereocenters. The van der Waals surface area contributed by atoms with Crippen LogP contribution in [0.3, 0.4) is 0 Å². The van der Waals surface area contributed by atoms with Crippen LogP contribution in [0, 0.1) is 6.92 Å². The number of benzene rings is 2. The lowest BCUT2D eigenvalue weighted by Gasteiger charge is -2.36. The number of fused-ring (bicyclic) bond motifs is 1. The van der Waals surface area contributed by atoms with E-state index in [4.69, 9.17) is 0 Å². The van der Waals surface area contributed by atoms with Crippen LogP contribution in [0.5, 0.6) is 0 Å². The Morgan fingerprint density at radius 1 is 1.10 bits per heavy atom. The predicted molar refractivity (Wildman–Crippen MR) is 116 cm³/mol. The number of hydrogen-bond acceptors (Lipinski definition) is 5. The third-order valence-corrected chi connectivity index (χ3v) is 6.56. The largest absolute Gasteiger partial charge is 0.331 e. The Labute approximate surface area is 178 Å². The lowest BCUT2D eigenvalue weighted by Crippen LogP contribution is -2.40. The van der Waals surface area contributed by atoms with E-state index in [1.54, 1.807) is 16.0 Å². The maximum atomic E-state index is 13.3. The monoisotopic (exact) mass is 415 g/mol. The molecule has 1 aliphatic rings. The summed E-state index contributed by atoms with van der Waals surface area (Å²) in [6.07, 6.45) is 1.29. The molecule has 1 atom stereocenters. The van der Waals surface area contributed by atoms with E-state index in [0.717, 1.165) is 35.6 Å². The third kappa shape index (κ3) is 3.41. The quantitative estimate of drug-likeness (QED) is 0.509. The van der Waals surface area contributed by atoms with Gasteiger partial charge in [0, 0.05) is 11.4 Å².